The smallest absolute Gasteiger partial charge is 0.231 e. The van der Waals surface area contributed by atoms with E-state index in [1.807, 2.05) is 55.5 Å². The van der Waals surface area contributed by atoms with Gasteiger partial charge in [0.25, 0.3) is 0 Å². The van der Waals surface area contributed by atoms with Gasteiger partial charge < -0.3 is 18.9 Å². The van der Waals surface area contributed by atoms with Gasteiger partial charge >= 0.3 is 0 Å². The summed E-state index contributed by atoms with van der Waals surface area (Å²) >= 11 is 6.03. The van der Waals surface area contributed by atoms with E-state index in [-0.39, 0.29) is 17.9 Å². The van der Waals surface area contributed by atoms with E-state index < -0.39 is 0 Å². The number of carbonyl (C=O) groups excluding carboxylic acids is 1. The molecule has 0 bridgehead atoms. The molecule has 1 aromatic heterocycles. The molecule has 1 amide bonds. The van der Waals surface area contributed by atoms with Crippen molar-refractivity contribution in [2.45, 2.75) is 26.3 Å². The largest absolute Gasteiger partial charge is 0.454 e. The predicted octanol–water partition coefficient (Wildman–Crippen LogP) is 4.53. The third kappa shape index (κ3) is 3.82. The molecule has 6 nitrogen and oxygen atoms in total. The molecule has 2 heterocycles. The van der Waals surface area contributed by atoms with Gasteiger partial charge in [-0.05, 0) is 54.8 Å². The quantitative estimate of drug-likeness (QED) is 0.610. The molecule has 0 saturated heterocycles. The van der Waals surface area contributed by atoms with Crippen LogP contribution in [0.25, 0.3) is 0 Å². The van der Waals surface area contributed by atoms with E-state index in [1.54, 1.807) is 4.90 Å². The third-order valence-corrected chi connectivity index (χ3v) is 4.97. The van der Waals surface area contributed by atoms with E-state index in [4.69, 9.17) is 25.6 Å². The van der Waals surface area contributed by atoms with Gasteiger partial charge in [-0.3, -0.25) is 4.79 Å². The number of aryl methyl sites for hydroxylation is 1. The van der Waals surface area contributed by atoms with Crippen LogP contribution in [0.15, 0.2) is 53.1 Å². The van der Waals surface area contributed by atoms with Crippen LogP contribution < -0.4 is 14.4 Å². The number of hydrogen-bond acceptors (Lipinski definition) is 5. The molecule has 3 aromatic rings. The second-order valence-electron chi connectivity index (χ2n) is 6.52. The van der Waals surface area contributed by atoms with Crippen molar-refractivity contribution in [2.24, 2.45) is 0 Å². The van der Waals surface area contributed by atoms with E-state index in [0.29, 0.717) is 30.8 Å². The van der Waals surface area contributed by atoms with Crippen molar-refractivity contribution in [2.75, 3.05) is 11.7 Å². The Kier molecular flexibility index (Phi) is 5.21. The first-order valence-electron chi connectivity index (χ1n) is 8.96. The summed E-state index contributed by atoms with van der Waals surface area (Å²) in [6.07, 6.45) is 0.763. The van der Waals surface area contributed by atoms with E-state index in [2.05, 4.69) is 5.16 Å². The van der Waals surface area contributed by atoms with Crippen molar-refractivity contribution in [3.05, 3.63) is 70.6 Å². The fourth-order valence-corrected chi connectivity index (χ4v) is 3.43. The summed E-state index contributed by atoms with van der Waals surface area (Å²) in [5.74, 6) is 1.41. The van der Waals surface area contributed by atoms with Crippen molar-refractivity contribution in [3.63, 3.8) is 0 Å². The minimum Gasteiger partial charge on any atom is -0.454 e. The maximum Gasteiger partial charge on any atom is 0.231 e. The highest BCUT2D eigenvalue weighted by molar-refractivity contribution is 6.29. The lowest BCUT2D eigenvalue weighted by molar-refractivity contribution is -0.118. The zero-order valence-corrected chi connectivity index (χ0v) is 16.1. The molecule has 2 aromatic carbocycles. The molecule has 4 rings (SSSR count). The fraction of sp³-hybridized carbons (Fsp3) is 0.238. The molecule has 0 spiro atoms. The summed E-state index contributed by atoms with van der Waals surface area (Å²) in [5.41, 5.74) is 3.27. The van der Waals surface area contributed by atoms with Gasteiger partial charge in [-0.25, -0.2) is 0 Å². The number of carbonyl (C=O) groups is 1. The molecule has 1 aliphatic rings. The van der Waals surface area contributed by atoms with Crippen LogP contribution in [-0.2, 0) is 17.8 Å². The number of nitrogens with zero attached hydrogens (tertiary/aromatic N) is 2. The number of rotatable bonds is 6. The lowest BCUT2D eigenvalue weighted by atomic mass is 10.1. The van der Waals surface area contributed by atoms with Crippen molar-refractivity contribution < 1.29 is 18.8 Å². The summed E-state index contributed by atoms with van der Waals surface area (Å²) in [6, 6.07) is 15.3. The van der Waals surface area contributed by atoms with Gasteiger partial charge in [-0.15, -0.1) is 0 Å². The molecule has 0 atom stereocenters. The minimum atomic E-state index is -0.0134. The molecule has 0 saturated carbocycles. The number of fused-ring (bicyclic) bond motifs is 1. The Labute approximate surface area is 167 Å². The minimum absolute atomic E-state index is 0.0134. The Balaban J connectivity index is 1.54. The summed E-state index contributed by atoms with van der Waals surface area (Å²) in [5, 5.41) is 4.08. The van der Waals surface area contributed by atoms with Crippen molar-refractivity contribution in [1.82, 2.24) is 5.16 Å². The number of anilines is 1. The standard InChI is InChI=1S/C21H19ClN2O4/c1-14-17(21(22)28-23-14)8-10-20(25)24(16-5-3-2-4-6-16)12-15-7-9-18-19(11-15)27-13-26-18/h2-7,9,11H,8,10,12-13H2,1H3. The Morgan fingerprint density at radius 3 is 2.68 bits per heavy atom. The van der Waals surface area contributed by atoms with Crippen molar-refractivity contribution in [1.29, 1.82) is 0 Å². The van der Waals surface area contributed by atoms with Gasteiger partial charge in [0.15, 0.2) is 11.5 Å². The van der Waals surface area contributed by atoms with Crippen LogP contribution in [0.1, 0.15) is 23.2 Å². The molecule has 7 heteroatoms. The van der Waals surface area contributed by atoms with E-state index in [9.17, 15) is 4.79 Å². The molecule has 144 valence electrons. The molecular weight excluding hydrogens is 380 g/mol. The molecular formula is C21H19ClN2O4. The van der Waals surface area contributed by atoms with E-state index in [0.717, 1.165) is 22.6 Å². The molecule has 28 heavy (non-hydrogen) atoms. The number of hydrogen-bond donors (Lipinski definition) is 0. The Morgan fingerprint density at radius 2 is 1.93 bits per heavy atom. The summed E-state index contributed by atoms with van der Waals surface area (Å²) in [6.45, 7) is 2.46. The van der Waals surface area contributed by atoms with Crippen molar-refractivity contribution >= 4 is 23.2 Å². The summed E-state index contributed by atoms with van der Waals surface area (Å²) in [7, 11) is 0. The number of aromatic nitrogens is 1. The second kappa shape index (κ2) is 7.94. The van der Waals surface area contributed by atoms with Gasteiger partial charge in [0, 0.05) is 17.7 Å². The Hall–Kier alpha value is -2.99. The second-order valence-corrected chi connectivity index (χ2v) is 6.87. The third-order valence-electron chi connectivity index (χ3n) is 4.67. The first-order chi connectivity index (χ1) is 13.6. The average molecular weight is 399 g/mol. The van der Waals surface area contributed by atoms with E-state index >= 15 is 0 Å². The van der Waals surface area contributed by atoms with E-state index in [1.165, 1.54) is 0 Å². The number of ether oxygens (including phenoxy) is 2. The lowest BCUT2D eigenvalue weighted by Crippen LogP contribution is -2.30. The first-order valence-corrected chi connectivity index (χ1v) is 9.34. The lowest BCUT2D eigenvalue weighted by Gasteiger charge is -2.23. The van der Waals surface area contributed by atoms with Crippen molar-refractivity contribution in [3.8, 4) is 11.5 Å². The summed E-state index contributed by atoms with van der Waals surface area (Å²) in [4.78, 5) is 14.8. The van der Waals surface area contributed by atoms with Crippen LogP contribution in [0, 0.1) is 6.92 Å². The molecule has 0 fully saturated rings. The topological polar surface area (TPSA) is 64.8 Å². The van der Waals surface area contributed by atoms with Crippen LogP contribution in [0.2, 0.25) is 5.22 Å². The molecule has 0 aliphatic carbocycles. The Bertz CT molecular complexity index is 968. The highest BCUT2D eigenvalue weighted by Crippen LogP contribution is 2.33. The highest BCUT2D eigenvalue weighted by atomic mass is 35.5. The predicted molar refractivity (Wildman–Crippen MR) is 105 cm³/mol. The SMILES string of the molecule is Cc1noc(Cl)c1CCC(=O)N(Cc1ccc2c(c1)OCO2)c1ccccc1. The summed E-state index contributed by atoms with van der Waals surface area (Å²) < 4.78 is 15.8. The van der Waals surface area contributed by atoms with Crippen LogP contribution >= 0.6 is 11.6 Å². The molecule has 0 radical (unpaired) electrons. The maximum absolute atomic E-state index is 13.1. The van der Waals surface area contributed by atoms with Gasteiger partial charge in [0.1, 0.15) is 0 Å². The number of para-hydroxylation sites is 1. The van der Waals surface area contributed by atoms with Gasteiger partial charge in [0.05, 0.1) is 12.2 Å². The number of halogens is 1. The maximum atomic E-state index is 13.1. The first kappa shape index (κ1) is 18.4. The van der Waals surface area contributed by atoms with Gasteiger partial charge in [0.2, 0.25) is 17.9 Å². The van der Waals surface area contributed by atoms with Crippen LogP contribution in [-0.4, -0.2) is 17.9 Å². The van der Waals surface area contributed by atoms with Crippen LogP contribution in [0.5, 0.6) is 11.5 Å². The molecule has 0 unspecified atom stereocenters. The van der Waals surface area contributed by atoms with Crippen LogP contribution in [0.3, 0.4) is 0 Å². The monoisotopic (exact) mass is 398 g/mol. The zero-order valence-electron chi connectivity index (χ0n) is 15.4. The zero-order chi connectivity index (χ0) is 19.5. The highest BCUT2D eigenvalue weighted by Gasteiger charge is 2.20. The van der Waals surface area contributed by atoms with Crippen LogP contribution in [0.4, 0.5) is 5.69 Å². The average Bonchev–Trinajstić information content (AvgIpc) is 3.31. The number of amides is 1. The normalized spacial score (nSPS) is 12.2. The van der Waals surface area contributed by atoms with Gasteiger partial charge in [-0.1, -0.05) is 29.4 Å². The fourth-order valence-electron chi connectivity index (χ4n) is 3.16. The number of benzene rings is 2. The molecule has 0 N–H and O–H groups in total. The molecule has 1 aliphatic heterocycles. The Morgan fingerprint density at radius 1 is 1.14 bits per heavy atom. The van der Waals surface area contributed by atoms with Gasteiger partial charge in [-0.2, -0.15) is 0 Å².